The number of nitrogens with zero attached hydrogens (tertiary/aromatic N) is 1. The summed E-state index contributed by atoms with van der Waals surface area (Å²) in [6.07, 6.45) is 0.841. The first kappa shape index (κ1) is 8.31. The second-order valence-electron chi connectivity index (χ2n) is 2.66. The van der Waals surface area contributed by atoms with E-state index in [2.05, 4.69) is 4.98 Å². The highest BCUT2D eigenvalue weighted by atomic mass is 32.1. The van der Waals surface area contributed by atoms with Crippen molar-refractivity contribution < 1.29 is 4.42 Å². The first-order valence-electron chi connectivity index (χ1n) is 4.10. The van der Waals surface area contributed by atoms with Crippen molar-refractivity contribution in [1.82, 2.24) is 4.98 Å². The Morgan fingerprint density at radius 1 is 1.62 bits per heavy atom. The number of nitrogen functional groups attached to an aromatic ring is 1. The molecule has 0 aromatic carbocycles. The molecule has 0 amide bonds. The Bertz CT molecular complexity index is 392. The smallest absolute Gasteiger partial charge is 0.292 e. The van der Waals surface area contributed by atoms with Gasteiger partial charge in [-0.05, 0) is 17.9 Å². The summed E-state index contributed by atoms with van der Waals surface area (Å²) in [7, 11) is 0. The second-order valence-corrected chi connectivity index (χ2v) is 3.61. The van der Waals surface area contributed by atoms with E-state index in [0.717, 1.165) is 22.8 Å². The molecule has 0 radical (unpaired) electrons. The van der Waals surface area contributed by atoms with E-state index in [1.54, 1.807) is 11.3 Å². The van der Waals surface area contributed by atoms with Crippen LogP contribution in [0.1, 0.15) is 12.6 Å². The zero-order valence-electron chi connectivity index (χ0n) is 7.28. The van der Waals surface area contributed by atoms with E-state index >= 15 is 0 Å². The van der Waals surface area contributed by atoms with Gasteiger partial charge in [0, 0.05) is 0 Å². The molecule has 68 valence electrons. The molecular formula is C9H10N2OS. The van der Waals surface area contributed by atoms with Crippen LogP contribution in [0.4, 0.5) is 6.01 Å². The van der Waals surface area contributed by atoms with Gasteiger partial charge in [0.05, 0.1) is 10.6 Å². The molecule has 3 nitrogen and oxygen atoms in total. The fourth-order valence-electron chi connectivity index (χ4n) is 1.21. The van der Waals surface area contributed by atoms with Crippen LogP contribution in [-0.4, -0.2) is 4.98 Å². The Morgan fingerprint density at radius 3 is 3.08 bits per heavy atom. The van der Waals surface area contributed by atoms with Crippen LogP contribution >= 0.6 is 11.3 Å². The molecule has 0 atom stereocenters. The van der Waals surface area contributed by atoms with Crippen molar-refractivity contribution in [2.24, 2.45) is 0 Å². The topological polar surface area (TPSA) is 52.0 Å². The summed E-state index contributed by atoms with van der Waals surface area (Å²) >= 11 is 1.63. The van der Waals surface area contributed by atoms with E-state index in [9.17, 15) is 0 Å². The monoisotopic (exact) mass is 194 g/mol. The number of aryl methyl sites for hydroxylation is 1. The summed E-state index contributed by atoms with van der Waals surface area (Å²) in [6.45, 7) is 2.04. The number of hydrogen-bond acceptors (Lipinski definition) is 4. The van der Waals surface area contributed by atoms with E-state index in [1.807, 2.05) is 24.4 Å². The van der Waals surface area contributed by atoms with Crippen molar-refractivity contribution in [3.05, 3.63) is 23.2 Å². The predicted octanol–water partition coefficient (Wildman–Crippen LogP) is 2.55. The molecule has 2 rings (SSSR count). The molecule has 0 aliphatic heterocycles. The normalized spacial score (nSPS) is 10.5. The van der Waals surface area contributed by atoms with Gasteiger partial charge in [-0.25, -0.2) is 0 Å². The van der Waals surface area contributed by atoms with E-state index in [4.69, 9.17) is 10.2 Å². The van der Waals surface area contributed by atoms with Gasteiger partial charge in [0.1, 0.15) is 0 Å². The molecule has 0 saturated heterocycles. The molecule has 2 aromatic heterocycles. The zero-order valence-corrected chi connectivity index (χ0v) is 8.10. The van der Waals surface area contributed by atoms with Crippen LogP contribution in [0.2, 0.25) is 0 Å². The minimum Gasteiger partial charge on any atom is -0.423 e. The molecule has 0 unspecified atom stereocenters. The maximum Gasteiger partial charge on any atom is 0.292 e. The fraction of sp³-hybridized carbons (Fsp3) is 0.222. The lowest BCUT2D eigenvalue weighted by Gasteiger charge is -1.92. The van der Waals surface area contributed by atoms with Crippen LogP contribution in [-0.2, 0) is 6.42 Å². The molecule has 4 heteroatoms. The molecule has 13 heavy (non-hydrogen) atoms. The van der Waals surface area contributed by atoms with Crippen molar-refractivity contribution in [3.8, 4) is 10.6 Å². The number of aromatic nitrogens is 1. The number of rotatable bonds is 2. The second kappa shape index (κ2) is 3.22. The van der Waals surface area contributed by atoms with Gasteiger partial charge < -0.3 is 10.2 Å². The van der Waals surface area contributed by atoms with Crippen LogP contribution in [0.5, 0.6) is 0 Å². The van der Waals surface area contributed by atoms with Crippen LogP contribution in [0.25, 0.3) is 10.6 Å². The van der Waals surface area contributed by atoms with Crippen LogP contribution in [0, 0.1) is 0 Å². The summed E-state index contributed by atoms with van der Waals surface area (Å²) in [5, 5.41) is 2.01. The summed E-state index contributed by atoms with van der Waals surface area (Å²) in [6, 6.07) is 4.24. The molecule has 2 N–H and O–H groups in total. The van der Waals surface area contributed by atoms with Gasteiger partial charge in [0.15, 0.2) is 5.76 Å². The highest BCUT2D eigenvalue weighted by Gasteiger charge is 2.12. The molecule has 0 saturated carbocycles. The van der Waals surface area contributed by atoms with E-state index < -0.39 is 0 Å². The number of thiophene rings is 1. The lowest BCUT2D eigenvalue weighted by molar-refractivity contribution is 0.595. The SMILES string of the molecule is CCc1nc(N)oc1-c1cccs1. The Kier molecular flexibility index (Phi) is 2.06. The van der Waals surface area contributed by atoms with Crippen molar-refractivity contribution in [2.75, 3.05) is 5.73 Å². The first-order valence-corrected chi connectivity index (χ1v) is 4.98. The average molecular weight is 194 g/mol. The molecule has 0 aliphatic rings. The minimum absolute atomic E-state index is 0.250. The van der Waals surface area contributed by atoms with Gasteiger partial charge in [0.2, 0.25) is 0 Å². The average Bonchev–Trinajstić information content (AvgIpc) is 2.71. The van der Waals surface area contributed by atoms with Gasteiger partial charge in [-0.1, -0.05) is 13.0 Å². The number of anilines is 1. The van der Waals surface area contributed by atoms with E-state index in [-0.39, 0.29) is 6.01 Å². The minimum atomic E-state index is 0.250. The zero-order chi connectivity index (χ0) is 9.26. The fourth-order valence-corrected chi connectivity index (χ4v) is 1.94. The van der Waals surface area contributed by atoms with Gasteiger partial charge >= 0.3 is 0 Å². The molecule has 0 bridgehead atoms. The number of hydrogen-bond donors (Lipinski definition) is 1. The van der Waals surface area contributed by atoms with Gasteiger partial charge in [-0.3, -0.25) is 0 Å². The highest BCUT2D eigenvalue weighted by molar-refractivity contribution is 7.13. The number of nitrogens with two attached hydrogens (primary N) is 1. The van der Waals surface area contributed by atoms with Crippen molar-refractivity contribution in [1.29, 1.82) is 0 Å². The summed E-state index contributed by atoms with van der Waals surface area (Å²) in [5.41, 5.74) is 6.42. The molecule has 2 aromatic rings. The molecule has 0 fully saturated rings. The third kappa shape index (κ3) is 1.45. The third-order valence-electron chi connectivity index (χ3n) is 1.79. The Labute approximate surface area is 80.2 Å². The number of oxazole rings is 1. The third-order valence-corrected chi connectivity index (χ3v) is 2.66. The van der Waals surface area contributed by atoms with Crippen LogP contribution in [0.15, 0.2) is 21.9 Å². The molecule has 0 spiro atoms. The Balaban J connectivity index is 2.50. The first-order chi connectivity index (χ1) is 6.31. The standard InChI is InChI=1S/C9H10N2OS/c1-2-6-8(12-9(10)11-6)7-4-3-5-13-7/h3-5H,2H2,1H3,(H2,10,11). The molecule has 2 heterocycles. The maximum atomic E-state index is 5.49. The van der Waals surface area contributed by atoms with Crippen molar-refractivity contribution in [3.63, 3.8) is 0 Å². The van der Waals surface area contributed by atoms with Crippen molar-refractivity contribution in [2.45, 2.75) is 13.3 Å². The summed E-state index contributed by atoms with van der Waals surface area (Å²) in [5.74, 6) is 0.815. The quantitative estimate of drug-likeness (QED) is 0.799. The summed E-state index contributed by atoms with van der Waals surface area (Å²) in [4.78, 5) is 5.19. The lowest BCUT2D eigenvalue weighted by Crippen LogP contribution is -1.85. The van der Waals surface area contributed by atoms with Gasteiger partial charge in [-0.2, -0.15) is 4.98 Å². The highest BCUT2D eigenvalue weighted by Crippen LogP contribution is 2.29. The van der Waals surface area contributed by atoms with Crippen LogP contribution < -0.4 is 5.73 Å². The lowest BCUT2D eigenvalue weighted by atomic mass is 10.2. The van der Waals surface area contributed by atoms with Crippen LogP contribution in [0.3, 0.4) is 0 Å². The molecular weight excluding hydrogens is 184 g/mol. The summed E-state index contributed by atoms with van der Waals surface area (Å²) < 4.78 is 5.33. The van der Waals surface area contributed by atoms with E-state index in [1.165, 1.54) is 0 Å². The van der Waals surface area contributed by atoms with Crippen molar-refractivity contribution >= 4 is 17.4 Å². The predicted molar refractivity (Wildman–Crippen MR) is 53.6 cm³/mol. The van der Waals surface area contributed by atoms with E-state index in [0.29, 0.717) is 0 Å². The van der Waals surface area contributed by atoms with Gasteiger partial charge in [0.25, 0.3) is 6.01 Å². The Morgan fingerprint density at radius 2 is 2.46 bits per heavy atom. The Hall–Kier alpha value is -1.29. The largest absolute Gasteiger partial charge is 0.423 e. The van der Waals surface area contributed by atoms with Gasteiger partial charge in [-0.15, -0.1) is 11.3 Å². The molecule has 0 aliphatic carbocycles. The maximum absolute atomic E-state index is 5.49.